The van der Waals surface area contributed by atoms with Crippen molar-refractivity contribution in [1.29, 1.82) is 0 Å². The zero-order chi connectivity index (χ0) is 11.0. The van der Waals surface area contributed by atoms with E-state index in [1.165, 1.54) is 12.4 Å². The van der Waals surface area contributed by atoms with Crippen LogP contribution >= 0.6 is 0 Å². The van der Waals surface area contributed by atoms with Crippen LogP contribution in [0.4, 0.5) is 17.6 Å². The normalized spacial score (nSPS) is 10.7. The lowest BCUT2D eigenvalue weighted by molar-refractivity contribution is 0.407. The van der Waals surface area contributed by atoms with Gasteiger partial charge >= 0.3 is 0 Å². The maximum Gasteiger partial charge on any atom is 0.199 e. The van der Waals surface area contributed by atoms with Gasteiger partial charge in [0.1, 0.15) is 0 Å². The molecule has 15 heavy (non-hydrogen) atoms. The minimum atomic E-state index is -1.81. The predicted molar refractivity (Wildman–Crippen MR) is 45.6 cm³/mol. The lowest BCUT2D eigenvalue weighted by Crippen LogP contribution is -2.03. The van der Waals surface area contributed by atoms with Crippen molar-refractivity contribution in [2.24, 2.45) is 0 Å². The van der Waals surface area contributed by atoms with E-state index in [0.29, 0.717) is 6.07 Å². The lowest BCUT2D eigenvalue weighted by atomic mass is 10.2. The third-order valence-corrected chi connectivity index (χ3v) is 1.97. The molecule has 0 saturated carbocycles. The maximum absolute atomic E-state index is 13.2. The summed E-state index contributed by atoms with van der Waals surface area (Å²) in [5.41, 5.74) is -0.364. The summed E-state index contributed by atoms with van der Waals surface area (Å²) in [7, 11) is 0. The molecule has 1 aromatic carbocycles. The minimum absolute atomic E-state index is 0.364. The van der Waals surface area contributed by atoms with Gasteiger partial charge in [-0.3, -0.25) is 0 Å². The third kappa shape index (κ3) is 1.49. The fourth-order valence-electron chi connectivity index (χ4n) is 1.24. The molecule has 0 spiro atoms. The van der Waals surface area contributed by atoms with Crippen LogP contribution in [0, 0.1) is 23.3 Å². The summed E-state index contributed by atoms with van der Waals surface area (Å²) >= 11 is 0. The second kappa shape index (κ2) is 3.42. The van der Waals surface area contributed by atoms with Crippen molar-refractivity contribution in [3.8, 4) is 5.69 Å². The van der Waals surface area contributed by atoms with Gasteiger partial charge in [-0.25, -0.2) is 17.6 Å². The van der Waals surface area contributed by atoms with Crippen LogP contribution in [0.5, 0.6) is 0 Å². The van der Waals surface area contributed by atoms with E-state index in [1.807, 2.05) is 0 Å². The summed E-state index contributed by atoms with van der Waals surface area (Å²) in [6.07, 6.45) is 2.80. The predicted octanol–water partition coefficient (Wildman–Crippen LogP) is 3.03. The topological polar surface area (TPSA) is 4.93 Å². The van der Waals surface area contributed by atoms with Crippen molar-refractivity contribution < 1.29 is 17.6 Å². The molecule has 1 heterocycles. The van der Waals surface area contributed by atoms with Crippen LogP contribution in [0.25, 0.3) is 5.69 Å². The first-order valence-corrected chi connectivity index (χ1v) is 4.07. The highest BCUT2D eigenvalue weighted by Gasteiger charge is 2.19. The Hall–Kier alpha value is -1.78. The maximum atomic E-state index is 13.2. The molecule has 0 radical (unpaired) electrons. The molecule has 0 N–H and O–H groups in total. The van der Waals surface area contributed by atoms with Gasteiger partial charge in [0.15, 0.2) is 23.3 Å². The smallest absolute Gasteiger partial charge is 0.199 e. The van der Waals surface area contributed by atoms with Crippen molar-refractivity contribution in [2.75, 3.05) is 0 Å². The number of hydrogen-bond acceptors (Lipinski definition) is 0. The van der Waals surface area contributed by atoms with E-state index in [-0.39, 0.29) is 5.69 Å². The van der Waals surface area contributed by atoms with Gasteiger partial charge in [-0.2, -0.15) is 0 Å². The lowest BCUT2D eigenvalue weighted by Gasteiger charge is -2.06. The minimum Gasteiger partial charge on any atom is -0.321 e. The van der Waals surface area contributed by atoms with Gasteiger partial charge in [0, 0.05) is 18.5 Å². The van der Waals surface area contributed by atoms with Crippen LogP contribution in [-0.2, 0) is 0 Å². The van der Waals surface area contributed by atoms with Crippen LogP contribution in [-0.4, -0.2) is 4.57 Å². The molecule has 78 valence electrons. The summed E-state index contributed by atoms with van der Waals surface area (Å²) in [4.78, 5) is 0. The van der Waals surface area contributed by atoms with Gasteiger partial charge in [0.05, 0.1) is 5.69 Å². The average molecular weight is 215 g/mol. The Kier molecular flexibility index (Phi) is 2.22. The van der Waals surface area contributed by atoms with Crippen LogP contribution in [0.2, 0.25) is 0 Å². The van der Waals surface area contributed by atoms with E-state index in [1.54, 1.807) is 12.1 Å². The van der Waals surface area contributed by atoms with Gasteiger partial charge in [0.2, 0.25) is 0 Å². The van der Waals surface area contributed by atoms with E-state index < -0.39 is 23.3 Å². The number of nitrogens with zero attached hydrogens (tertiary/aromatic N) is 1. The number of halogens is 4. The molecule has 0 saturated heterocycles. The molecule has 0 aliphatic heterocycles. The van der Waals surface area contributed by atoms with Crippen molar-refractivity contribution in [2.45, 2.75) is 0 Å². The first-order valence-electron chi connectivity index (χ1n) is 4.07. The molecule has 2 aromatic rings. The largest absolute Gasteiger partial charge is 0.321 e. The molecule has 0 fully saturated rings. The quantitative estimate of drug-likeness (QED) is 0.391. The van der Waals surface area contributed by atoms with Crippen molar-refractivity contribution in [3.63, 3.8) is 0 Å². The second-order valence-electron chi connectivity index (χ2n) is 2.91. The van der Waals surface area contributed by atoms with Crippen molar-refractivity contribution in [1.82, 2.24) is 4.57 Å². The van der Waals surface area contributed by atoms with Crippen LogP contribution in [0.15, 0.2) is 30.6 Å². The van der Waals surface area contributed by atoms with E-state index in [2.05, 4.69) is 0 Å². The monoisotopic (exact) mass is 215 g/mol. The number of rotatable bonds is 1. The molecule has 0 amide bonds. The van der Waals surface area contributed by atoms with Gasteiger partial charge in [-0.05, 0) is 12.1 Å². The zero-order valence-corrected chi connectivity index (χ0v) is 7.35. The number of benzene rings is 1. The molecular formula is C10H5F4N. The Morgan fingerprint density at radius 3 is 2.00 bits per heavy atom. The van der Waals surface area contributed by atoms with E-state index in [9.17, 15) is 17.6 Å². The standard InChI is InChI=1S/C10H5F4N/c11-6-5-7(15-3-1-2-4-15)9(13)10(14)8(6)12/h1-5H. The SMILES string of the molecule is Fc1cc(-n2cccc2)c(F)c(F)c1F. The summed E-state index contributed by atoms with van der Waals surface area (Å²) < 4.78 is 52.6. The summed E-state index contributed by atoms with van der Waals surface area (Å²) in [5.74, 6) is -6.44. The molecule has 0 atom stereocenters. The Bertz CT molecular complexity index is 491. The van der Waals surface area contributed by atoms with Gasteiger partial charge in [0.25, 0.3) is 0 Å². The fourth-order valence-corrected chi connectivity index (χ4v) is 1.24. The van der Waals surface area contributed by atoms with Gasteiger partial charge in [-0.1, -0.05) is 0 Å². The highest BCUT2D eigenvalue weighted by atomic mass is 19.2. The van der Waals surface area contributed by atoms with Crippen LogP contribution in [0.3, 0.4) is 0 Å². The molecule has 1 aromatic heterocycles. The van der Waals surface area contributed by atoms with Crippen molar-refractivity contribution >= 4 is 0 Å². The molecule has 1 nitrogen and oxygen atoms in total. The Morgan fingerprint density at radius 2 is 1.40 bits per heavy atom. The van der Waals surface area contributed by atoms with Gasteiger partial charge < -0.3 is 4.57 Å². The molecule has 0 aliphatic rings. The molecule has 0 unspecified atom stereocenters. The Morgan fingerprint density at radius 1 is 0.800 bits per heavy atom. The molecular weight excluding hydrogens is 210 g/mol. The average Bonchev–Trinajstić information content (AvgIpc) is 2.73. The fraction of sp³-hybridized carbons (Fsp3) is 0. The number of hydrogen-bond donors (Lipinski definition) is 0. The summed E-state index contributed by atoms with van der Waals surface area (Å²) in [5, 5.41) is 0. The molecule has 0 aliphatic carbocycles. The first-order chi connectivity index (χ1) is 7.11. The Balaban J connectivity index is 2.69. The zero-order valence-electron chi connectivity index (χ0n) is 7.35. The van der Waals surface area contributed by atoms with Gasteiger partial charge in [-0.15, -0.1) is 0 Å². The summed E-state index contributed by atoms with van der Waals surface area (Å²) in [6.45, 7) is 0. The molecule has 0 bridgehead atoms. The van der Waals surface area contributed by atoms with E-state index in [4.69, 9.17) is 0 Å². The molecule has 5 heteroatoms. The number of aromatic nitrogens is 1. The summed E-state index contributed by atoms with van der Waals surface area (Å²) in [6, 6.07) is 3.71. The van der Waals surface area contributed by atoms with Crippen LogP contribution in [0.1, 0.15) is 0 Å². The highest BCUT2D eigenvalue weighted by Crippen LogP contribution is 2.21. The second-order valence-corrected chi connectivity index (χ2v) is 2.91. The van der Waals surface area contributed by atoms with E-state index in [0.717, 1.165) is 4.57 Å². The highest BCUT2D eigenvalue weighted by molar-refractivity contribution is 5.36. The molecule has 2 rings (SSSR count). The Labute approximate surface area is 82.6 Å². The first kappa shape index (κ1) is 9.76. The van der Waals surface area contributed by atoms with E-state index >= 15 is 0 Å². The van der Waals surface area contributed by atoms with Crippen molar-refractivity contribution in [3.05, 3.63) is 53.9 Å². The third-order valence-electron chi connectivity index (χ3n) is 1.97. The van der Waals surface area contributed by atoms with Crippen LogP contribution < -0.4 is 0 Å².